The average molecular weight is 230 g/mol. The van der Waals surface area contributed by atoms with Gasteiger partial charge in [-0.3, -0.25) is 0 Å². The lowest BCUT2D eigenvalue weighted by molar-refractivity contribution is -0.0757. The maximum absolute atomic E-state index is 11.8. The first-order valence-corrected chi connectivity index (χ1v) is 5.65. The van der Waals surface area contributed by atoms with E-state index in [0.29, 0.717) is 19.6 Å². The summed E-state index contributed by atoms with van der Waals surface area (Å²) in [5.74, 6) is 0. The predicted molar refractivity (Wildman–Crippen MR) is 61.2 cm³/mol. The van der Waals surface area contributed by atoms with Crippen molar-refractivity contribution in [2.24, 2.45) is 5.73 Å². The van der Waals surface area contributed by atoms with E-state index >= 15 is 0 Å². The van der Waals surface area contributed by atoms with Crippen LogP contribution >= 0.6 is 0 Å². The second kappa shape index (κ2) is 5.01. The summed E-state index contributed by atoms with van der Waals surface area (Å²) in [7, 11) is 0. The van der Waals surface area contributed by atoms with Gasteiger partial charge in [-0.25, -0.2) is 4.79 Å². The van der Waals surface area contributed by atoms with Crippen LogP contribution in [0.4, 0.5) is 4.79 Å². The first kappa shape index (κ1) is 13.3. The number of nitrogens with two attached hydrogens (primary N) is 1. The Morgan fingerprint density at radius 1 is 1.50 bits per heavy atom. The van der Waals surface area contributed by atoms with E-state index in [1.165, 1.54) is 0 Å². The second-order valence-electron chi connectivity index (χ2n) is 5.19. The van der Waals surface area contributed by atoms with Crippen LogP contribution in [0.2, 0.25) is 0 Å². The van der Waals surface area contributed by atoms with E-state index in [0.717, 1.165) is 0 Å². The molecule has 1 aliphatic rings. The molecule has 1 heterocycles. The van der Waals surface area contributed by atoms with Crippen molar-refractivity contribution in [1.82, 2.24) is 4.90 Å². The zero-order valence-corrected chi connectivity index (χ0v) is 10.5. The number of hydrogen-bond donors (Lipinski definition) is 1. The van der Waals surface area contributed by atoms with Crippen LogP contribution in [0.1, 0.15) is 27.7 Å². The van der Waals surface area contributed by atoms with Gasteiger partial charge in [0.05, 0.1) is 25.3 Å². The van der Waals surface area contributed by atoms with Crippen molar-refractivity contribution in [3.63, 3.8) is 0 Å². The van der Waals surface area contributed by atoms with Gasteiger partial charge in [-0.15, -0.1) is 0 Å². The highest BCUT2D eigenvalue weighted by molar-refractivity contribution is 5.68. The fourth-order valence-electron chi connectivity index (χ4n) is 1.65. The molecule has 0 unspecified atom stereocenters. The molecule has 0 aromatic carbocycles. The van der Waals surface area contributed by atoms with E-state index < -0.39 is 5.60 Å². The number of ether oxygens (including phenoxy) is 2. The topological polar surface area (TPSA) is 64.8 Å². The maximum atomic E-state index is 11.8. The van der Waals surface area contributed by atoms with E-state index in [-0.39, 0.29) is 18.3 Å². The van der Waals surface area contributed by atoms with E-state index in [2.05, 4.69) is 0 Å². The van der Waals surface area contributed by atoms with Gasteiger partial charge in [0.15, 0.2) is 0 Å². The van der Waals surface area contributed by atoms with E-state index in [1.54, 1.807) is 4.90 Å². The summed E-state index contributed by atoms with van der Waals surface area (Å²) in [6, 6.07) is 0. The summed E-state index contributed by atoms with van der Waals surface area (Å²) >= 11 is 0. The summed E-state index contributed by atoms with van der Waals surface area (Å²) in [5, 5.41) is 0. The normalized spacial score (nSPS) is 26.7. The first-order chi connectivity index (χ1) is 7.31. The van der Waals surface area contributed by atoms with Crippen molar-refractivity contribution in [2.75, 3.05) is 19.6 Å². The average Bonchev–Trinajstić information content (AvgIpc) is 2.14. The Kier molecular flexibility index (Phi) is 4.15. The van der Waals surface area contributed by atoms with Crippen LogP contribution in [0.25, 0.3) is 0 Å². The minimum atomic E-state index is -0.461. The van der Waals surface area contributed by atoms with Gasteiger partial charge in [-0.05, 0) is 27.7 Å². The molecule has 1 fully saturated rings. The van der Waals surface area contributed by atoms with Gasteiger partial charge in [0.2, 0.25) is 0 Å². The zero-order valence-electron chi connectivity index (χ0n) is 10.5. The molecule has 0 aliphatic carbocycles. The van der Waals surface area contributed by atoms with Gasteiger partial charge in [-0.2, -0.15) is 0 Å². The molecule has 1 saturated heterocycles. The van der Waals surface area contributed by atoms with Gasteiger partial charge in [-0.1, -0.05) is 0 Å². The molecule has 0 bridgehead atoms. The lowest BCUT2D eigenvalue weighted by Crippen LogP contribution is -2.52. The minimum absolute atomic E-state index is 0.00909. The Labute approximate surface area is 96.9 Å². The first-order valence-electron chi connectivity index (χ1n) is 5.65. The van der Waals surface area contributed by atoms with E-state index in [9.17, 15) is 4.79 Å². The number of amides is 1. The van der Waals surface area contributed by atoms with Crippen LogP contribution in [-0.2, 0) is 9.47 Å². The van der Waals surface area contributed by atoms with Crippen molar-refractivity contribution in [3.8, 4) is 0 Å². The van der Waals surface area contributed by atoms with E-state index in [4.69, 9.17) is 15.2 Å². The number of hydrogen-bond acceptors (Lipinski definition) is 4. The molecule has 0 aromatic rings. The summed E-state index contributed by atoms with van der Waals surface area (Å²) in [5.41, 5.74) is 5.09. The van der Waals surface area contributed by atoms with Crippen molar-refractivity contribution >= 4 is 6.09 Å². The molecule has 0 aromatic heterocycles. The van der Waals surface area contributed by atoms with Gasteiger partial charge in [0, 0.05) is 6.54 Å². The Balaban J connectivity index is 2.55. The molecule has 94 valence electrons. The minimum Gasteiger partial charge on any atom is -0.444 e. The Morgan fingerprint density at radius 3 is 2.62 bits per heavy atom. The lowest BCUT2D eigenvalue weighted by atomic mass is 10.2. The van der Waals surface area contributed by atoms with Gasteiger partial charge in [0.25, 0.3) is 0 Å². The van der Waals surface area contributed by atoms with Crippen molar-refractivity contribution in [2.45, 2.75) is 45.5 Å². The zero-order chi connectivity index (χ0) is 12.3. The predicted octanol–water partition coefficient (Wildman–Crippen LogP) is 0.970. The molecule has 1 rings (SSSR count). The van der Waals surface area contributed by atoms with Crippen LogP contribution in [0, 0.1) is 0 Å². The molecule has 2 N–H and O–H groups in total. The molecule has 5 heteroatoms. The van der Waals surface area contributed by atoms with Crippen molar-refractivity contribution < 1.29 is 14.3 Å². The number of nitrogens with zero attached hydrogens (tertiary/aromatic N) is 1. The summed E-state index contributed by atoms with van der Waals surface area (Å²) in [6.07, 6.45) is -0.368. The Morgan fingerprint density at radius 2 is 2.12 bits per heavy atom. The van der Waals surface area contributed by atoms with Crippen LogP contribution in [-0.4, -0.2) is 48.4 Å². The third-order valence-corrected chi connectivity index (χ3v) is 2.24. The van der Waals surface area contributed by atoms with Crippen LogP contribution in [0.3, 0.4) is 0 Å². The summed E-state index contributed by atoms with van der Waals surface area (Å²) in [4.78, 5) is 13.5. The third-order valence-electron chi connectivity index (χ3n) is 2.24. The smallest absolute Gasteiger partial charge is 0.410 e. The monoisotopic (exact) mass is 230 g/mol. The molecule has 5 nitrogen and oxygen atoms in total. The van der Waals surface area contributed by atoms with Crippen LogP contribution < -0.4 is 5.73 Å². The number of rotatable bonds is 1. The quantitative estimate of drug-likeness (QED) is 0.729. The Hall–Kier alpha value is -0.810. The Bertz CT molecular complexity index is 250. The van der Waals surface area contributed by atoms with E-state index in [1.807, 2.05) is 27.7 Å². The van der Waals surface area contributed by atoms with Crippen molar-refractivity contribution in [1.29, 1.82) is 0 Å². The molecule has 0 radical (unpaired) electrons. The number of carbonyl (C=O) groups excluding carboxylic acids is 1. The highest BCUT2D eigenvalue weighted by Gasteiger charge is 2.30. The number of morpholine rings is 1. The van der Waals surface area contributed by atoms with Crippen LogP contribution in [0.15, 0.2) is 0 Å². The molecular formula is C11H22N2O3. The van der Waals surface area contributed by atoms with Crippen molar-refractivity contribution in [3.05, 3.63) is 0 Å². The summed E-state index contributed by atoms with van der Waals surface area (Å²) in [6.45, 7) is 8.99. The summed E-state index contributed by atoms with van der Waals surface area (Å²) < 4.78 is 10.9. The highest BCUT2D eigenvalue weighted by Crippen LogP contribution is 2.15. The molecule has 1 aliphatic heterocycles. The maximum Gasteiger partial charge on any atom is 0.410 e. The molecule has 1 amide bonds. The molecular weight excluding hydrogens is 208 g/mol. The molecule has 0 spiro atoms. The SMILES string of the molecule is C[C@H]1CN(C(=O)OC(C)(C)C)C[C@H](CN)O1. The number of carbonyl (C=O) groups is 1. The van der Waals surface area contributed by atoms with Gasteiger partial charge < -0.3 is 20.1 Å². The fourth-order valence-corrected chi connectivity index (χ4v) is 1.65. The third kappa shape index (κ3) is 3.98. The molecule has 0 saturated carbocycles. The highest BCUT2D eigenvalue weighted by atomic mass is 16.6. The lowest BCUT2D eigenvalue weighted by Gasteiger charge is -2.37. The van der Waals surface area contributed by atoms with Gasteiger partial charge >= 0.3 is 6.09 Å². The molecule has 2 atom stereocenters. The second-order valence-corrected chi connectivity index (χ2v) is 5.19. The van der Waals surface area contributed by atoms with Crippen LogP contribution in [0.5, 0.6) is 0 Å². The standard InChI is InChI=1S/C11H22N2O3/c1-8-6-13(7-9(5-12)15-8)10(14)16-11(2,3)4/h8-9H,5-7,12H2,1-4H3/t8-,9-/m0/s1. The van der Waals surface area contributed by atoms with Gasteiger partial charge in [0.1, 0.15) is 5.60 Å². The molecule has 16 heavy (non-hydrogen) atoms. The fraction of sp³-hybridized carbons (Fsp3) is 0.909. The largest absolute Gasteiger partial charge is 0.444 e.